The highest BCUT2D eigenvalue weighted by molar-refractivity contribution is 5.79. The molecule has 0 bridgehead atoms. The third-order valence-electron chi connectivity index (χ3n) is 3.06. The van der Waals surface area contributed by atoms with Crippen LogP contribution in [-0.4, -0.2) is 32.7 Å². The predicted octanol–water partition coefficient (Wildman–Crippen LogP) is 1.76. The van der Waals surface area contributed by atoms with Crippen LogP contribution < -0.4 is 10.6 Å². The van der Waals surface area contributed by atoms with Gasteiger partial charge in [0.15, 0.2) is 5.96 Å². The van der Waals surface area contributed by atoms with Gasteiger partial charge in [-0.05, 0) is 37.3 Å². The first kappa shape index (κ1) is 13.9. The van der Waals surface area contributed by atoms with Crippen LogP contribution in [-0.2, 0) is 11.3 Å². The lowest BCUT2D eigenvalue weighted by Crippen LogP contribution is -2.39. The third-order valence-corrected chi connectivity index (χ3v) is 3.06. The van der Waals surface area contributed by atoms with Gasteiger partial charge in [0.05, 0.1) is 6.26 Å². The molecule has 1 heterocycles. The summed E-state index contributed by atoms with van der Waals surface area (Å²) in [4.78, 5) is 4.18. The van der Waals surface area contributed by atoms with E-state index in [9.17, 15) is 0 Å². The number of nitrogens with one attached hydrogen (secondary N) is 2. The second-order valence-corrected chi connectivity index (χ2v) is 4.81. The summed E-state index contributed by atoms with van der Waals surface area (Å²) in [5.74, 6) is 2.61. The van der Waals surface area contributed by atoms with Gasteiger partial charge in [-0.2, -0.15) is 0 Å². The zero-order chi connectivity index (χ0) is 13.3. The van der Waals surface area contributed by atoms with Crippen molar-refractivity contribution in [1.29, 1.82) is 0 Å². The molecule has 1 aliphatic carbocycles. The van der Waals surface area contributed by atoms with Gasteiger partial charge in [-0.3, -0.25) is 4.99 Å². The topological polar surface area (TPSA) is 58.8 Å². The molecule has 5 heteroatoms. The van der Waals surface area contributed by atoms with Crippen LogP contribution in [0.2, 0.25) is 0 Å². The van der Waals surface area contributed by atoms with Crippen molar-refractivity contribution in [3.63, 3.8) is 0 Å². The molecule has 0 unspecified atom stereocenters. The van der Waals surface area contributed by atoms with E-state index in [1.807, 2.05) is 12.1 Å². The molecular weight excluding hydrogens is 242 g/mol. The van der Waals surface area contributed by atoms with E-state index in [2.05, 4.69) is 15.6 Å². The Bertz CT molecular complexity index is 372. The van der Waals surface area contributed by atoms with Crippen LogP contribution in [0.3, 0.4) is 0 Å². The van der Waals surface area contributed by atoms with Gasteiger partial charge in [0.25, 0.3) is 0 Å². The first-order valence-corrected chi connectivity index (χ1v) is 6.93. The second kappa shape index (κ2) is 7.84. The van der Waals surface area contributed by atoms with E-state index in [1.54, 1.807) is 13.3 Å². The second-order valence-electron chi connectivity index (χ2n) is 4.81. The zero-order valence-corrected chi connectivity index (χ0v) is 11.5. The van der Waals surface area contributed by atoms with Gasteiger partial charge in [0, 0.05) is 26.7 Å². The average molecular weight is 265 g/mol. The fourth-order valence-corrected chi connectivity index (χ4v) is 1.73. The van der Waals surface area contributed by atoms with Crippen LogP contribution in [0.5, 0.6) is 0 Å². The van der Waals surface area contributed by atoms with Gasteiger partial charge in [-0.15, -0.1) is 0 Å². The third kappa shape index (κ3) is 5.79. The van der Waals surface area contributed by atoms with Gasteiger partial charge < -0.3 is 19.8 Å². The lowest BCUT2D eigenvalue weighted by Gasteiger charge is -2.11. The summed E-state index contributed by atoms with van der Waals surface area (Å²) in [5.41, 5.74) is 0. The molecular formula is C14H23N3O2. The smallest absolute Gasteiger partial charge is 0.190 e. The van der Waals surface area contributed by atoms with Gasteiger partial charge in [-0.25, -0.2) is 0 Å². The molecule has 2 N–H and O–H groups in total. The number of hydrogen-bond donors (Lipinski definition) is 2. The Morgan fingerprint density at radius 3 is 3.05 bits per heavy atom. The molecule has 1 saturated carbocycles. The van der Waals surface area contributed by atoms with Crippen molar-refractivity contribution in [2.24, 2.45) is 10.9 Å². The number of rotatable bonds is 8. The van der Waals surface area contributed by atoms with E-state index >= 15 is 0 Å². The summed E-state index contributed by atoms with van der Waals surface area (Å²) in [6.45, 7) is 3.16. The lowest BCUT2D eigenvalue weighted by molar-refractivity contribution is 0.105. The number of furan rings is 1. The highest BCUT2D eigenvalue weighted by atomic mass is 16.5. The molecule has 19 heavy (non-hydrogen) atoms. The van der Waals surface area contributed by atoms with Crippen molar-refractivity contribution >= 4 is 5.96 Å². The Hall–Kier alpha value is -1.49. The summed E-state index contributed by atoms with van der Waals surface area (Å²) in [5, 5.41) is 6.61. The van der Waals surface area contributed by atoms with Crippen molar-refractivity contribution in [2.75, 3.05) is 26.7 Å². The summed E-state index contributed by atoms with van der Waals surface area (Å²) in [6, 6.07) is 3.79. The Morgan fingerprint density at radius 2 is 2.37 bits per heavy atom. The summed E-state index contributed by atoms with van der Waals surface area (Å²) in [7, 11) is 1.80. The first-order chi connectivity index (χ1) is 9.38. The number of nitrogens with zero attached hydrogens (tertiary/aromatic N) is 1. The largest absolute Gasteiger partial charge is 0.467 e. The molecule has 0 amide bonds. The minimum Gasteiger partial charge on any atom is -0.467 e. The zero-order valence-electron chi connectivity index (χ0n) is 11.5. The van der Waals surface area contributed by atoms with Crippen molar-refractivity contribution in [1.82, 2.24) is 10.6 Å². The van der Waals surface area contributed by atoms with Crippen LogP contribution in [0.15, 0.2) is 27.8 Å². The molecule has 106 valence electrons. The Labute approximate surface area is 114 Å². The number of ether oxygens (including phenoxy) is 1. The summed E-state index contributed by atoms with van der Waals surface area (Å²) in [6.07, 6.45) is 5.32. The number of aliphatic imine (C=N–C) groups is 1. The summed E-state index contributed by atoms with van der Waals surface area (Å²) >= 11 is 0. The predicted molar refractivity (Wildman–Crippen MR) is 75.1 cm³/mol. The van der Waals surface area contributed by atoms with E-state index in [-0.39, 0.29) is 0 Å². The minimum absolute atomic E-state index is 0.543. The number of guanidine groups is 1. The fourth-order valence-electron chi connectivity index (χ4n) is 1.73. The average Bonchev–Trinajstić information content (AvgIpc) is 3.11. The molecule has 0 saturated heterocycles. The highest BCUT2D eigenvalue weighted by Crippen LogP contribution is 2.27. The quantitative estimate of drug-likeness (QED) is 0.427. The Morgan fingerprint density at radius 1 is 1.47 bits per heavy atom. The Balaban J connectivity index is 1.45. The molecule has 0 spiro atoms. The van der Waals surface area contributed by atoms with Crippen molar-refractivity contribution in [2.45, 2.75) is 25.9 Å². The molecule has 1 aromatic rings. The van der Waals surface area contributed by atoms with E-state index in [4.69, 9.17) is 9.15 Å². The molecule has 0 radical (unpaired) electrons. The lowest BCUT2D eigenvalue weighted by atomic mass is 10.4. The van der Waals surface area contributed by atoms with Crippen molar-refractivity contribution < 1.29 is 9.15 Å². The van der Waals surface area contributed by atoms with Crippen LogP contribution in [0.4, 0.5) is 0 Å². The van der Waals surface area contributed by atoms with Gasteiger partial charge in [-0.1, -0.05) is 0 Å². The summed E-state index contributed by atoms with van der Waals surface area (Å²) < 4.78 is 10.7. The van der Waals surface area contributed by atoms with Gasteiger partial charge in [0.2, 0.25) is 0 Å². The van der Waals surface area contributed by atoms with Crippen LogP contribution >= 0.6 is 0 Å². The SMILES string of the molecule is CN=C(NCCCOCc1ccco1)NCC1CC1. The standard InChI is InChI=1S/C14H23N3O2/c1-15-14(17-10-12-5-6-12)16-7-3-8-18-11-13-4-2-9-19-13/h2,4,9,12H,3,5-8,10-11H2,1H3,(H2,15,16,17). The van der Waals surface area contributed by atoms with E-state index in [0.717, 1.165) is 37.1 Å². The first-order valence-electron chi connectivity index (χ1n) is 6.93. The fraction of sp³-hybridized carbons (Fsp3) is 0.643. The van der Waals surface area contributed by atoms with E-state index < -0.39 is 0 Å². The monoisotopic (exact) mass is 265 g/mol. The minimum atomic E-state index is 0.543. The Kier molecular flexibility index (Phi) is 5.75. The van der Waals surface area contributed by atoms with Crippen LogP contribution in [0.1, 0.15) is 25.0 Å². The van der Waals surface area contributed by atoms with Crippen LogP contribution in [0.25, 0.3) is 0 Å². The van der Waals surface area contributed by atoms with Gasteiger partial charge >= 0.3 is 0 Å². The molecule has 1 fully saturated rings. The highest BCUT2D eigenvalue weighted by Gasteiger charge is 2.20. The van der Waals surface area contributed by atoms with Crippen molar-refractivity contribution in [3.8, 4) is 0 Å². The molecule has 1 aromatic heterocycles. The molecule has 0 atom stereocenters. The molecule has 5 nitrogen and oxygen atoms in total. The maximum atomic E-state index is 5.51. The molecule has 0 aromatic carbocycles. The van der Waals surface area contributed by atoms with E-state index in [0.29, 0.717) is 13.2 Å². The molecule has 2 rings (SSSR count). The van der Waals surface area contributed by atoms with Gasteiger partial charge in [0.1, 0.15) is 12.4 Å². The van der Waals surface area contributed by atoms with Crippen LogP contribution in [0, 0.1) is 5.92 Å². The molecule has 1 aliphatic rings. The van der Waals surface area contributed by atoms with Crippen molar-refractivity contribution in [3.05, 3.63) is 24.2 Å². The van der Waals surface area contributed by atoms with E-state index in [1.165, 1.54) is 12.8 Å². The number of hydrogen-bond acceptors (Lipinski definition) is 3. The maximum absolute atomic E-state index is 5.51. The molecule has 0 aliphatic heterocycles. The normalized spacial score (nSPS) is 15.5. The maximum Gasteiger partial charge on any atom is 0.190 e.